The van der Waals surface area contributed by atoms with Gasteiger partial charge in [0, 0.05) is 15.1 Å². The largest absolute Gasteiger partial charge is 0.497 e. The first-order valence-electron chi connectivity index (χ1n) is 7.18. The molecule has 0 aliphatic carbocycles. The molecule has 0 aliphatic heterocycles. The topological polar surface area (TPSA) is 51.2 Å². The van der Waals surface area contributed by atoms with E-state index in [0.29, 0.717) is 20.1 Å². The van der Waals surface area contributed by atoms with Crippen molar-refractivity contribution < 1.29 is 9.53 Å². The molecule has 126 valence electrons. The van der Waals surface area contributed by atoms with E-state index >= 15 is 0 Å². The molecular weight excluding hydrogens is 399 g/mol. The van der Waals surface area contributed by atoms with Crippen LogP contribution in [0.5, 0.6) is 5.75 Å². The standard InChI is InChI=1S/C17H10Cl2N2O2S2/c1-23-9-3-5-11-13(7-9)25-17(20-11)21-16(22)15-14(19)10-4-2-8(18)6-12(10)24-15/h2-7H,1H3,(H,20,21,22). The van der Waals surface area contributed by atoms with E-state index in [2.05, 4.69) is 10.3 Å². The number of amides is 1. The fourth-order valence-electron chi connectivity index (χ4n) is 2.42. The van der Waals surface area contributed by atoms with E-state index in [4.69, 9.17) is 27.9 Å². The Labute approximate surface area is 161 Å². The van der Waals surface area contributed by atoms with Crippen molar-refractivity contribution in [1.29, 1.82) is 0 Å². The molecule has 0 radical (unpaired) electrons. The van der Waals surface area contributed by atoms with Gasteiger partial charge in [-0.05, 0) is 30.3 Å². The number of fused-ring (bicyclic) bond motifs is 2. The van der Waals surface area contributed by atoms with Crippen LogP contribution in [0.4, 0.5) is 5.13 Å². The summed E-state index contributed by atoms with van der Waals surface area (Å²) in [4.78, 5) is 17.5. The summed E-state index contributed by atoms with van der Waals surface area (Å²) < 4.78 is 7.01. The molecule has 0 saturated carbocycles. The summed E-state index contributed by atoms with van der Waals surface area (Å²) in [5, 5.41) is 5.19. The molecule has 1 N–H and O–H groups in total. The second kappa shape index (κ2) is 6.46. The number of thiophene rings is 1. The molecule has 1 amide bonds. The Balaban J connectivity index is 1.66. The predicted molar refractivity (Wildman–Crippen MR) is 106 cm³/mol. The minimum atomic E-state index is -0.284. The van der Waals surface area contributed by atoms with Gasteiger partial charge in [-0.2, -0.15) is 0 Å². The van der Waals surface area contributed by atoms with E-state index in [1.165, 1.54) is 22.7 Å². The van der Waals surface area contributed by atoms with Crippen molar-refractivity contribution >= 4 is 77.2 Å². The number of carbonyl (C=O) groups excluding carboxylic acids is 1. The molecule has 8 heteroatoms. The van der Waals surface area contributed by atoms with Gasteiger partial charge in [-0.1, -0.05) is 40.6 Å². The van der Waals surface area contributed by atoms with Crippen LogP contribution in [0.3, 0.4) is 0 Å². The van der Waals surface area contributed by atoms with E-state index in [1.54, 1.807) is 19.2 Å². The lowest BCUT2D eigenvalue weighted by Crippen LogP contribution is -2.10. The van der Waals surface area contributed by atoms with Crippen LogP contribution in [0.2, 0.25) is 10.0 Å². The molecule has 2 aromatic carbocycles. The first kappa shape index (κ1) is 16.6. The highest BCUT2D eigenvalue weighted by Gasteiger charge is 2.19. The molecule has 0 bridgehead atoms. The van der Waals surface area contributed by atoms with Gasteiger partial charge in [0.05, 0.1) is 22.3 Å². The zero-order valence-corrected chi connectivity index (χ0v) is 15.9. The summed E-state index contributed by atoms with van der Waals surface area (Å²) >= 11 is 15.1. The molecule has 0 saturated heterocycles. The Kier molecular flexibility index (Phi) is 4.29. The highest BCUT2D eigenvalue weighted by atomic mass is 35.5. The molecule has 0 aliphatic rings. The smallest absolute Gasteiger partial charge is 0.269 e. The van der Waals surface area contributed by atoms with Gasteiger partial charge in [0.15, 0.2) is 5.13 Å². The number of anilines is 1. The summed E-state index contributed by atoms with van der Waals surface area (Å²) in [5.74, 6) is 0.465. The van der Waals surface area contributed by atoms with E-state index in [1.807, 2.05) is 24.3 Å². The van der Waals surface area contributed by atoms with Crippen LogP contribution < -0.4 is 10.1 Å². The van der Waals surface area contributed by atoms with Crippen molar-refractivity contribution in [2.75, 3.05) is 12.4 Å². The lowest BCUT2D eigenvalue weighted by molar-refractivity contribution is 0.103. The van der Waals surface area contributed by atoms with Gasteiger partial charge in [-0.15, -0.1) is 11.3 Å². The Morgan fingerprint density at radius 1 is 1.12 bits per heavy atom. The molecule has 25 heavy (non-hydrogen) atoms. The SMILES string of the molecule is COc1ccc2nc(NC(=O)c3sc4cc(Cl)ccc4c3Cl)sc2c1. The van der Waals surface area contributed by atoms with Gasteiger partial charge in [0.25, 0.3) is 5.91 Å². The zero-order chi connectivity index (χ0) is 17.6. The van der Waals surface area contributed by atoms with Gasteiger partial charge in [-0.25, -0.2) is 4.98 Å². The number of aromatic nitrogens is 1. The van der Waals surface area contributed by atoms with Crippen LogP contribution in [0.1, 0.15) is 9.67 Å². The molecule has 0 atom stereocenters. The van der Waals surface area contributed by atoms with Gasteiger partial charge in [0.2, 0.25) is 0 Å². The number of rotatable bonds is 3. The third-order valence-corrected chi connectivity index (χ3v) is 6.44. The molecule has 4 rings (SSSR count). The number of nitrogens with zero attached hydrogens (tertiary/aromatic N) is 1. The number of hydrogen-bond donors (Lipinski definition) is 1. The summed E-state index contributed by atoms with van der Waals surface area (Å²) in [6, 6.07) is 10.9. The second-order valence-electron chi connectivity index (χ2n) is 5.19. The molecule has 0 spiro atoms. The lowest BCUT2D eigenvalue weighted by atomic mass is 10.2. The number of thiazole rings is 1. The normalized spacial score (nSPS) is 11.2. The number of nitrogens with one attached hydrogen (secondary N) is 1. The number of hydrogen-bond acceptors (Lipinski definition) is 5. The van der Waals surface area contributed by atoms with Crippen LogP contribution in [-0.4, -0.2) is 18.0 Å². The lowest BCUT2D eigenvalue weighted by Gasteiger charge is -1.98. The van der Waals surface area contributed by atoms with E-state index in [9.17, 15) is 4.79 Å². The monoisotopic (exact) mass is 408 g/mol. The maximum absolute atomic E-state index is 12.6. The number of halogens is 2. The molecule has 2 aromatic heterocycles. The predicted octanol–water partition coefficient (Wildman–Crippen LogP) is 6.08. The number of ether oxygens (including phenoxy) is 1. The highest BCUT2D eigenvalue weighted by Crippen LogP contribution is 2.37. The van der Waals surface area contributed by atoms with E-state index in [-0.39, 0.29) is 5.91 Å². The molecule has 2 heterocycles. The Bertz CT molecular complexity index is 1120. The minimum Gasteiger partial charge on any atom is -0.497 e. The highest BCUT2D eigenvalue weighted by molar-refractivity contribution is 7.23. The van der Waals surface area contributed by atoms with Crippen LogP contribution in [-0.2, 0) is 0 Å². The quantitative estimate of drug-likeness (QED) is 0.446. The van der Waals surface area contributed by atoms with Crippen molar-refractivity contribution in [3.63, 3.8) is 0 Å². The number of methoxy groups -OCH3 is 1. The first-order chi connectivity index (χ1) is 12.0. The maximum Gasteiger partial charge on any atom is 0.269 e. The van der Waals surface area contributed by atoms with Crippen molar-refractivity contribution in [2.24, 2.45) is 0 Å². The van der Waals surface area contributed by atoms with Crippen molar-refractivity contribution in [1.82, 2.24) is 4.98 Å². The summed E-state index contributed by atoms with van der Waals surface area (Å²) in [7, 11) is 1.61. The maximum atomic E-state index is 12.6. The van der Waals surface area contributed by atoms with E-state index in [0.717, 1.165) is 26.1 Å². The average Bonchev–Trinajstić information content (AvgIpc) is 3.14. The average molecular weight is 409 g/mol. The van der Waals surface area contributed by atoms with Gasteiger partial charge in [0.1, 0.15) is 10.6 Å². The third kappa shape index (κ3) is 3.06. The Hall–Kier alpha value is -1.86. The molecule has 0 fully saturated rings. The molecule has 4 nitrogen and oxygen atoms in total. The van der Waals surface area contributed by atoms with Gasteiger partial charge >= 0.3 is 0 Å². The zero-order valence-electron chi connectivity index (χ0n) is 12.8. The summed E-state index contributed by atoms with van der Waals surface area (Å²) in [6.45, 7) is 0. The second-order valence-corrected chi connectivity index (χ2v) is 8.09. The van der Waals surface area contributed by atoms with Gasteiger partial charge < -0.3 is 4.74 Å². The Morgan fingerprint density at radius 3 is 2.76 bits per heavy atom. The molecule has 0 unspecified atom stereocenters. The fraction of sp³-hybridized carbons (Fsp3) is 0.0588. The minimum absolute atomic E-state index is 0.284. The van der Waals surface area contributed by atoms with Crippen LogP contribution in [0, 0.1) is 0 Å². The summed E-state index contributed by atoms with van der Waals surface area (Å²) in [6.07, 6.45) is 0. The van der Waals surface area contributed by atoms with Crippen LogP contribution in [0.25, 0.3) is 20.3 Å². The fourth-order valence-corrected chi connectivity index (χ4v) is 5.00. The summed E-state index contributed by atoms with van der Waals surface area (Å²) in [5.41, 5.74) is 0.801. The molecule has 4 aromatic rings. The van der Waals surface area contributed by atoms with Crippen molar-refractivity contribution in [3.8, 4) is 5.75 Å². The van der Waals surface area contributed by atoms with Crippen LogP contribution in [0.15, 0.2) is 36.4 Å². The number of benzene rings is 2. The van der Waals surface area contributed by atoms with E-state index < -0.39 is 0 Å². The van der Waals surface area contributed by atoms with Crippen LogP contribution >= 0.6 is 45.9 Å². The van der Waals surface area contributed by atoms with Gasteiger partial charge in [-0.3, -0.25) is 10.1 Å². The van der Waals surface area contributed by atoms with Crippen molar-refractivity contribution in [3.05, 3.63) is 51.3 Å². The third-order valence-electron chi connectivity index (χ3n) is 3.61. The Morgan fingerprint density at radius 2 is 1.96 bits per heavy atom. The first-order valence-corrected chi connectivity index (χ1v) is 9.57. The number of carbonyl (C=O) groups is 1. The van der Waals surface area contributed by atoms with Crippen molar-refractivity contribution in [2.45, 2.75) is 0 Å². The molecular formula is C17H10Cl2N2O2S2.